The van der Waals surface area contributed by atoms with Gasteiger partial charge in [0.1, 0.15) is 11.5 Å². The molecule has 1 aromatic carbocycles. The van der Waals surface area contributed by atoms with Crippen LogP contribution in [0.4, 0.5) is 13.2 Å². The standard InChI is InChI=1S/C13H13F3N2O2/c14-13(15,16)20-10-5-3-9(4-6-10)8-11(18-17)12-2-1-7-19-12/h1-7,11,18H,8,17H2. The molecule has 0 aliphatic carbocycles. The smallest absolute Gasteiger partial charge is 0.468 e. The lowest BCUT2D eigenvalue weighted by atomic mass is 10.0. The van der Waals surface area contributed by atoms with Crippen molar-refractivity contribution in [1.29, 1.82) is 0 Å². The highest BCUT2D eigenvalue weighted by Crippen LogP contribution is 2.24. The van der Waals surface area contributed by atoms with Crippen LogP contribution in [-0.4, -0.2) is 6.36 Å². The van der Waals surface area contributed by atoms with Crippen LogP contribution >= 0.6 is 0 Å². The molecule has 0 aliphatic rings. The number of alkyl halides is 3. The zero-order valence-corrected chi connectivity index (χ0v) is 10.4. The summed E-state index contributed by atoms with van der Waals surface area (Å²) >= 11 is 0. The summed E-state index contributed by atoms with van der Waals surface area (Å²) in [6, 6.07) is 8.88. The van der Waals surface area contributed by atoms with Gasteiger partial charge in [-0.15, -0.1) is 13.2 Å². The van der Waals surface area contributed by atoms with Gasteiger partial charge in [-0.1, -0.05) is 12.1 Å². The van der Waals surface area contributed by atoms with E-state index >= 15 is 0 Å². The Morgan fingerprint density at radius 2 is 1.90 bits per heavy atom. The molecule has 0 aliphatic heterocycles. The third-order valence-corrected chi connectivity index (χ3v) is 2.68. The van der Waals surface area contributed by atoms with Gasteiger partial charge < -0.3 is 9.15 Å². The number of hydrazine groups is 1. The molecular weight excluding hydrogens is 273 g/mol. The van der Waals surface area contributed by atoms with Crippen LogP contribution in [0, 0.1) is 0 Å². The molecule has 20 heavy (non-hydrogen) atoms. The molecule has 0 bridgehead atoms. The Hall–Kier alpha value is -1.99. The molecule has 7 heteroatoms. The molecule has 1 heterocycles. The van der Waals surface area contributed by atoms with Crippen molar-refractivity contribution in [3.8, 4) is 5.75 Å². The number of furan rings is 1. The highest BCUT2D eigenvalue weighted by Gasteiger charge is 2.30. The van der Waals surface area contributed by atoms with Crippen molar-refractivity contribution in [2.45, 2.75) is 18.8 Å². The Balaban J connectivity index is 2.03. The average molecular weight is 286 g/mol. The molecule has 1 atom stereocenters. The Kier molecular flexibility index (Phi) is 4.31. The van der Waals surface area contributed by atoms with Gasteiger partial charge in [0.15, 0.2) is 0 Å². The van der Waals surface area contributed by atoms with Gasteiger partial charge in [-0.3, -0.25) is 5.84 Å². The second-order valence-electron chi connectivity index (χ2n) is 4.13. The second-order valence-corrected chi connectivity index (χ2v) is 4.13. The van der Waals surface area contributed by atoms with E-state index in [0.29, 0.717) is 12.2 Å². The molecule has 0 radical (unpaired) electrons. The minimum Gasteiger partial charge on any atom is -0.468 e. The summed E-state index contributed by atoms with van der Waals surface area (Å²) in [6.45, 7) is 0. The van der Waals surface area contributed by atoms with Crippen LogP contribution < -0.4 is 16.0 Å². The van der Waals surface area contributed by atoms with E-state index in [2.05, 4.69) is 10.2 Å². The Morgan fingerprint density at radius 3 is 2.40 bits per heavy atom. The fourth-order valence-corrected chi connectivity index (χ4v) is 1.79. The zero-order valence-electron chi connectivity index (χ0n) is 10.4. The minimum atomic E-state index is -4.68. The van der Waals surface area contributed by atoms with Crippen LogP contribution in [0.15, 0.2) is 47.1 Å². The van der Waals surface area contributed by atoms with Crippen molar-refractivity contribution < 1.29 is 22.3 Å². The largest absolute Gasteiger partial charge is 0.573 e. The molecule has 1 aromatic heterocycles. The summed E-state index contributed by atoms with van der Waals surface area (Å²) < 4.78 is 45.1. The van der Waals surface area contributed by atoms with Crippen LogP contribution in [0.25, 0.3) is 0 Å². The summed E-state index contributed by atoms with van der Waals surface area (Å²) in [6.07, 6.45) is -2.67. The van der Waals surface area contributed by atoms with Crippen molar-refractivity contribution in [3.63, 3.8) is 0 Å². The van der Waals surface area contributed by atoms with E-state index in [9.17, 15) is 13.2 Å². The number of hydrogen-bond acceptors (Lipinski definition) is 4. The number of ether oxygens (including phenoxy) is 1. The van der Waals surface area contributed by atoms with Gasteiger partial charge in [-0.05, 0) is 36.2 Å². The first-order valence-corrected chi connectivity index (χ1v) is 5.82. The second kappa shape index (κ2) is 5.98. The number of hydrogen-bond donors (Lipinski definition) is 2. The monoisotopic (exact) mass is 286 g/mol. The Morgan fingerprint density at radius 1 is 1.20 bits per heavy atom. The molecule has 0 fully saturated rings. The molecule has 2 rings (SSSR count). The van der Waals surface area contributed by atoms with E-state index in [1.807, 2.05) is 0 Å². The van der Waals surface area contributed by atoms with E-state index < -0.39 is 6.36 Å². The highest BCUT2D eigenvalue weighted by atomic mass is 19.4. The van der Waals surface area contributed by atoms with Crippen LogP contribution in [-0.2, 0) is 6.42 Å². The summed E-state index contributed by atoms with van der Waals surface area (Å²) in [7, 11) is 0. The third-order valence-electron chi connectivity index (χ3n) is 2.68. The summed E-state index contributed by atoms with van der Waals surface area (Å²) in [5.74, 6) is 5.84. The van der Waals surface area contributed by atoms with Gasteiger partial charge in [0.25, 0.3) is 0 Å². The quantitative estimate of drug-likeness (QED) is 0.655. The summed E-state index contributed by atoms with van der Waals surface area (Å²) in [5, 5.41) is 0. The molecule has 0 spiro atoms. The van der Waals surface area contributed by atoms with E-state index in [0.717, 1.165) is 5.56 Å². The molecule has 0 saturated heterocycles. The molecule has 0 amide bonds. The molecule has 2 aromatic rings. The topological polar surface area (TPSA) is 60.4 Å². The van der Waals surface area contributed by atoms with E-state index in [-0.39, 0.29) is 11.8 Å². The maximum absolute atomic E-state index is 12.0. The molecule has 3 N–H and O–H groups in total. The van der Waals surface area contributed by atoms with Crippen LogP contribution in [0.1, 0.15) is 17.4 Å². The molecule has 4 nitrogen and oxygen atoms in total. The lowest BCUT2D eigenvalue weighted by Gasteiger charge is -2.14. The Labute approximate surface area is 113 Å². The first-order valence-electron chi connectivity index (χ1n) is 5.82. The maximum atomic E-state index is 12.0. The Bertz CT molecular complexity index is 524. The molecular formula is C13H13F3N2O2. The summed E-state index contributed by atoms with van der Waals surface area (Å²) in [5.41, 5.74) is 3.41. The lowest BCUT2D eigenvalue weighted by molar-refractivity contribution is -0.274. The van der Waals surface area contributed by atoms with Crippen LogP contribution in [0.3, 0.4) is 0 Å². The molecule has 108 valence electrons. The van der Waals surface area contributed by atoms with Gasteiger partial charge in [-0.25, -0.2) is 5.43 Å². The number of rotatable bonds is 5. The van der Waals surface area contributed by atoms with Crippen molar-refractivity contribution in [2.24, 2.45) is 5.84 Å². The SMILES string of the molecule is NNC(Cc1ccc(OC(F)(F)F)cc1)c1ccco1. The minimum absolute atomic E-state index is 0.251. The van der Waals surface area contributed by atoms with E-state index in [4.69, 9.17) is 10.3 Å². The molecule has 0 saturated carbocycles. The number of nitrogens with two attached hydrogens (primary N) is 1. The number of halogens is 3. The fourth-order valence-electron chi connectivity index (χ4n) is 1.79. The first-order chi connectivity index (χ1) is 9.48. The van der Waals surface area contributed by atoms with Crippen molar-refractivity contribution in [3.05, 3.63) is 54.0 Å². The van der Waals surface area contributed by atoms with Gasteiger partial charge in [-0.2, -0.15) is 0 Å². The van der Waals surface area contributed by atoms with Gasteiger partial charge in [0.05, 0.1) is 12.3 Å². The maximum Gasteiger partial charge on any atom is 0.573 e. The normalized spacial score (nSPS) is 13.2. The van der Waals surface area contributed by atoms with Crippen LogP contribution in [0.2, 0.25) is 0 Å². The van der Waals surface area contributed by atoms with Gasteiger partial charge in [0.2, 0.25) is 0 Å². The summed E-state index contributed by atoms with van der Waals surface area (Å²) in [4.78, 5) is 0. The predicted octanol–water partition coefficient (Wildman–Crippen LogP) is 2.93. The number of nitrogens with one attached hydrogen (secondary N) is 1. The van der Waals surface area contributed by atoms with Crippen LogP contribution in [0.5, 0.6) is 5.75 Å². The zero-order chi connectivity index (χ0) is 14.6. The number of benzene rings is 1. The molecule has 1 unspecified atom stereocenters. The van der Waals surface area contributed by atoms with Crippen molar-refractivity contribution >= 4 is 0 Å². The van der Waals surface area contributed by atoms with E-state index in [1.165, 1.54) is 18.4 Å². The highest BCUT2D eigenvalue weighted by molar-refractivity contribution is 5.28. The predicted molar refractivity (Wildman–Crippen MR) is 65.6 cm³/mol. The fraction of sp³-hybridized carbons (Fsp3) is 0.231. The van der Waals surface area contributed by atoms with Gasteiger partial charge >= 0.3 is 6.36 Å². The van der Waals surface area contributed by atoms with E-state index in [1.54, 1.807) is 24.3 Å². The average Bonchev–Trinajstić information content (AvgIpc) is 2.90. The lowest BCUT2D eigenvalue weighted by Crippen LogP contribution is -2.29. The van der Waals surface area contributed by atoms with Gasteiger partial charge in [0, 0.05) is 0 Å². The first kappa shape index (κ1) is 14.4. The third kappa shape index (κ3) is 4.01. The van der Waals surface area contributed by atoms with Crippen molar-refractivity contribution in [2.75, 3.05) is 0 Å². The van der Waals surface area contributed by atoms with Crippen molar-refractivity contribution in [1.82, 2.24) is 5.43 Å².